The van der Waals surface area contributed by atoms with E-state index in [2.05, 4.69) is 45.3 Å². The van der Waals surface area contributed by atoms with Crippen molar-refractivity contribution in [3.63, 3.8) is 0 Å². The zero-order chi connectivity index (χ0) is 35.6. The van der Waals surface area contributed by atoms with Crippen molar-refractivity contribution in [2.45, 2.75) is 72.6 Å². The summed E-state index contributed by atoms with van der Waals surface area (Å²) in [5.74, 6) is -1.26. The molecule has 2 atom stereocenters. The first-order chi connectivity index (χ1) is 22.9. The number of hydrogen-bond acceptors (Lipinski definition) is 8. The Labute approximate surface area is 283 Å². The van der Waals surface area contributed by atoms with Crippen molar-refractivity contribution < 1.29 is 33.4 Å². The summed E-state index contributed by atoms with van der Waals surface area (Å²) in [6.45, 7) is 13.0. The number of carbonyl (C=O) groups is 5. The zero-order valence-corrected chi connectivity index (χ0v) is 29.2. The van der Waals surface area contributed by atoms with Gasteiger partial charge in [0.2, 0.25) is 11.7 Å². The van der Waals surface area contributed by atoms with Gasteiger partial charge in [0.1, 0.15) is 17.5 Å². The number of Topliss-reactive ketones (excluding diaryl/α,β-unsaturated/α-hetero) is 1. The van der Waals surface area contributed by atoms with Gasteiger partial charge in [0, 0.05) is 37.8 Å². The molecule has 0 aliphatic carbocycles. The highest BCUT2D eigenvalue weighted by Gasteiger charge is 2.29. The predicted molar refractivity (Wildman–Crippen MR) is 184 cm³/mol. The van der Waals surface area contributed by atoms with Crippen LogP contribution in [0.4, 0.5) is 4.79 Å². The quantitative estimate of drug-likeness (QED) is 0.134. The van der Waals surface area contributed by atoms with Gasteiger partial charge < -0.3 is 41.0 Å². The molecule has 5 amide bonds. The number of benzene rings is 2. The van der Waals surface area contributed by atoms with Gasteiger partial charge in [-0.15, -0.1) is 0 Å². The summed E-state index contributed by atoms with van der Waals surface area (Å²) in [4.78, 5) is 66.4. The number of rotatable bonds is 20. The maximum Gasteiger partial charge on any atom is 0.315 e. The van der Waals surface area contributed by atoms with Crippen LogP contribution in [0.3, 0.4) is 0 Å². The Kier molecular flexibility index (Phi) is 16.9. The van der Waals surface area contributed by atoms with Gasteiger partial charge in [-0.25, -0.2) is 4.79 Å². The van der Waals surface area contributed by atoms with Crippen LogP contribution >= 0.6 is 0 Å². The first-order valence-corrected chi connectivity index (χ1v) is 16.4. The van der Waals surface area contributed by atoms with E-state index in [-0.39, 0.29) is 31.3 Å². The second-order valence-electron chi connectivity index (χ2n) is 11.7. The molecule has 2 rings (SSSR count). The van der Waals surface area contributed by atoms with Crippen molar-refractivity contribution in [2.75, 3.05) is 40.4 Å². The molecule has 0 fully saturated rings. The Bertz CT molecular complexity index is 1340. The Balaban J connectivity index is 1.92. The van der Waals surface area contributed by atoms with E-state index < -0.39 is 35.7 Å². The second-order valence-corrected chi connectivity index (χ2v) is 11.7. The fourth-order valence-electron chi connectivity index (χ4n) is 4.86. The molecule has 2 aromatic carbocycles. The Morgan fingerprint density at radius 2 is 1.35 bits per heavy atom. The van der Waals surface area contributed by atoms with Crippen molar-refractivity contribution in [1.82, 2.24) is 31.5 Å². The lowest BCUT2D eigenvalue weighted by atomic mass is 10.0. The van der Waals surface area contributed by atoms with E-state index in [0.717, 1.165) is 25.2 Å². The normalized spacial score (nSPS) is 12.1. The minimum absolute atomic E-state index is 0.0469. The van der Waals surface area contributed by atoms with Crippen LogP contribution in [0.5, 0.6) is 11.5 Å². The summed E-state index contributed by atoms with van der Waals surface area (Å²) in [6, 6.07) is 9.43. The van der Waals surface area contributed by atoms with Crippen LogP contribution in [0.2, 0.25) is 0 Å². The van der Waals surface area contributed by atoms with Crippen molar-refractivity contribution in [3.05, 3.63) is 59.2 Å². The summed E-state index contributed by atoms with van der Waals surface area (Å²) in [5, 5.41) is 13.6. The highest BCUT2D eigenvalue weighted by molar-refractivity contribution is 6.38. The molecule has 0 bridgehead atoms. The largest absolute Gasteiger partial charge is 0.497 e. The topological polar surface area (TPSA) is 167 Å². The summed E-state index contributed by atoms with van der Waals surface area (Å²) < 4.78 is 10.5. The molecule has 0 radical (unpaired) electrons. The predicted octanol–water partition coefficient (Wildman–Crippen LogP) is 2.77. The summed E-state index contributed by atoms with van der Waals surface area (Å²) in [5.41, 5.74) is 1.95. The zero-order valence-electron chi connectivity index (χ0n) is 29.2. The second kappa shape index (κ2) is 20.6. The minimum Gasteiger partial charge on any atom is -0.497 e. The molecule has 0 saturated carbocycles. The molecule has 264 valence electrons. The maximum atomic E-state index is 13.2. The molecule has 13 heteroatoms. The molecule has 2 aromatic rings. The maximum absolute atomic E-state index is 13.2. The average molecular weight is 669 g/mol. The van der Waals surface area contributed by atoms with E-state index in [4.69, 9.17) is 9.47 Å². The van der Waals surface area contributed by atoms with Gasteiger partial charge in [0.15, 0.2) is 0 Å². The molecule has 5 N–H and O–H groups in total. The summed E-state index contributed by atoms with van der Waals surface area (Å²) in [7, 11) is 3.02. The number of urea groups is 1. The third kappa shape index (κ3) is 13.2. The van der Waals surface area contributed by atoms with E-state index in [1.54, 1.807) is 49.4 Å². The molecule has 0 saturated heterocycles. The number of nitrogens with zero attached hydrogens (tertiary/aromatic N) is 1. The molecule has 0 aliphatic heterocycles. The van der Waals surface area contributed by atoms with Crippen molar-refractivity contribution in [3.8, 4) is 11.5 Å². The molecule has 0 aliphatic rings. The number of carbonyl (C=O) groups excluding carboxylic acids is 5. The Morgan fingerprint density at radius 1 is 0.750 bits per heavy atom. The number of likely N-dealkylation sites (N-methyl/N-ethyl adjacent to an activating group) is 1. The van der Waals surface area contributed by atoms with Crippen molar-refractivity contribution >= 4 is 29.5 Å². The lowest BCUT2D eigenvalue weighted by Gasteiger charge is -2.23. The van der Waals surface area contributed by atoms with Crippen LogP contribution in [0.1, 0.15) is 68.9 Å². The molecule has 0 spiro atoms. The summed E-state index contributed by atoms with van der Waals surface area (Å²) >= 11 is 0. The van der Waals surface area contributed by atoms with Crippen LogP contribution < -0.4 is 36.1 Å². The number of nitrogens with one attached hydrogen (secondary N) is 5. The third-order valence-electron chi connectivity index (χ3n) is 7.74. The highest BCUT2D eigenvalue weighted by atomic mass is 16.5. The minimum atomic E-state index is -1.08. The lowest BCUT2D eigenvalue weighted by Crippen LogP contribution is -2.55. The van der Waals surface area contributed by atoms with Gasteiger partial charge >= 0.3 is 6.03 Å². The fraction of sp³-hybridized carbons (Fsp3) is 0.514. The monoisotopic (exact) mass is 668 g/mol. The van der Waals surface area contributed by atoms with Crippen molar-refractivity contribution in [2.24, 2.45) is 5.92 Å². The van der Waals surface area contributed by atoms with Crippen LogP contribution in [-0.2, 0) is 27.5 Å². The number of ether oxygens (including phenoxy) is 2. The van der Waals surface area contributed by atoms with Gasteiger partial charge in [-0.1, -0.05) is 46.8 Å². The van der Waals surface area contributed by atoms with Gasteiger partial charge in [-0.05, 0) is 67.2 Å². The van der Waals surface area contributed by atoms with Gasteiger partial charge in [0.05, 0.1) is 20.3 Å². The lowest BCUT2D eigenvalue weighted by molar-refractivity contribution is -0.140. The van der Waals surface area contributed by atoms with Crippen LogP contribution in [0.15, 0.2) is 42.5 Å². The Hall–Kier alpha value is -4.65. The Morgan fingerprint density at radius 3 is 1.90 bits per heavy atom. The van der Waals surface area contributed by atoms with E-state index in [1.807, 2.05) is 13.8 Å². The van der Waals surface area contributed by atoms with Crippen LogP contribution in [-0.4, -0.2) is 86.9 Å². The molecule has 0 heterocycles. The first-order valence-electron chi connectivity index (χ1n) is 16.4. The van der Waals surface area contributed by atoms with Crippen LogP contribution in [0.25, 0.3) is 0 Å². The molecule has 48 heavy (non-hydrogen) atoms. The molecular weight excluding hydrogens is 616 g/mol. The average Bonchev–Trinajstić information content (AvgIpc) is 3.09. The van der Waals surface area contributed by atoms with E-state index in [1.165, 1.54) is 14.2 Å². The SMILES string of the molecule is CCC(NC(=O)C(CC(C)C)NC(=O)NCc1ccc(C(=O)NCCN(CC)CC)cc1)C(=O)C(=O)NCc1cc(OC)cc(OC)c1. The molecule has 0 aromatic heterocycles. The fourth-order valence-corrected chi connectivity index (χ4v) is 4.86. The van der Waals surface area contributed by atoms with E-state index in [0.29, 0.717) is 35.6 Å². The number of amides is 5. The number of ketones is 1. The first kappa shape index (κ1) is 39.5. The third-order valence-corrected chi connectivity index (χ3v) is 7.74. The standard InChI is InChI=1S/C35H52N6O7/c1-8-29(31(42)34(45)37-22-25-18-27(47-6)20-28(19-25)48-7)39-33(44)30(17-23(4)5)40-35(46)38-21-24-11-13-26(14-12-24)32(43)36-15-16-41(9-2)10-3/h11-14,18-20,23,29-30H,8-10,15-17,21-22H2,1-7H3,(H,36,43)(H,37,45)(H,39,44)(H2,38,40,46). The van der Waals surface area contributed by atoms with Crippen LogP contribution in [0, 0.1) is 5.92 Å². The van der Waals surface area contributed by atoms with Gasteiger partial charge in [-0.2, -0.15) is 0 Å². The van der Waals surface area contributed by atoms with Gasteiger partial charge in [0.25, 0.3) is 11.8 Å². The van der Waals surface area contributed by atoms with Crippen molar-refractivity contribution in [1.29, 1.82) is 0 Å². The number of hydrogen-bond donors (Lipinski definition) is 5. The molecule has 13 nitrogen and oxygen atoms in total. The van der Waals surface area contributed by atoms with E-state index in [9.17, 15) is 24.0 Å². The number of methoxy groups -OCH3 is 2. The summed E-state index contributed by atoms with van der Waals surface area (Å²) in [6.07, 6.45) is 0.487. The smallest absolute Gasteiger partial charge is 0.315 e. The molecular formula is C35H52N6O7. The highest BCUT2D eigenvalue weighted by Crippen LogP contribution is 2.22. The van der Waals surface area contributed by atoms with E-state index >= 15 is 0 Å². The molecule has 2 unspecified atom stereocenters. The van der Waals surface area contributed by atoms with Gasteiger partial charge in [-0.3, -0.25) is 19.2 Å².